The van der Waals surface area contributed by atoms with E-state index < -0.39 is 6.04 Å². The van der Waals surface area contributed by atoms with Gasteiger partial charge < -0.3 is 16.0 Å². The average Bonchev–Trinajstić information content (AvgIpc) is 2.97. The Labute approximate surface area is 179 Å². The summed E-state index contributed by atoms with van der Waals surface area (Å²) in [6.45, 7) is 1.37. The highest BCUT2D eigenvalue weighted by atomic mass is 35.5. The number of carbonyl (C=O) groups is 2. The fourth-order valence-corrected chi connectivity index (χ4v) is 3.88. The zero-order chi connectivity index (χ0) is 19.3. The summed E-state index contributed by atoms with van der Waals surface area (Å²) in [5.74, 6) is 0.525. The molecule has 0 saturated heterocycles. The molecule has 7 heteroatoms. The van der Waals surface area contributed by atoms with Gasteiger partial charge in [0.25, 0.3) is 5.91 Å². The van der Waals surface area contributed by atoms with Gasteiger partial charge in [-0.05, 0) is 43.4 Å². The van der Waals surface area contributed by atoms with Gasteiger partial charge in [-0.2, -0.15) is 11.8 Å². The highest BCUT2D eigenvalue weighted by molar-refractivity contribution is 7.98. The van der Waals surface area contributed by atoms with Gasteiger partial charge in [0, 0.05) is 24.7 Å². The average molecular weight is 428 g/mol. The van der Waals surface area contributed by atoms with Crippen molar-refractivity contribution in [1.82, 2.24) is 16.0 Å². The van der Waals surface area contributed by atoms with Crippen LogP contribution in [0.2, 0.25) is 0 Å². The lowest BCUT2D eigenvalue weighted by molar-refractivity contribution is -0.122. The Morgan fingerprint density at radius 2 is 1.75 bits per heavy atom. The summed E-state index contributed by atoms with van der Waals surface area (Å²) in [6, 6.07) is 9.12. The highest BCUT2D eigenvalue weighted by Crippen LogP contribution is 2.16. The summed E-state index contributed by atoms with van der Waals surface area (Å²) < 4.78 is 0. The van der Waals surface area contributed by atoms with Gasteiger partial charge in [0.15, 0.2) is 0 Å². The maximum Gasteiger partial charge on any atom is 0.251 e. The number of benzene rings is 1. The molecule has 1 aliphatic carbocycles. The van der Waals surface area contributed by atoms with Crippen molar-refractivity contribution in [2.75, 3.05) is 25.1 Å². The molecule has 158 valence electrons. The fourth-order valence-electron chi connectivity index (χ4n) is 3.40. The van der Waals surface area contributed by atoms with Crippen molar-refractivity contribution in [1.29, 1.82) is 0 Å². The maximum absolute atomic E-state index is 12.6. The SMILES string of the molecule is CSCCC(NC(=O)c1ccccc1)C(=O)NCCNC1CCCCCC1.Cl. The molecule has 0 bridgehead atoms. The van der Waals surface area contributed by atoms with E-state index in [1.54, 1.807) is 23.9 Å². The van der Waals surface area contributed by atoms with Crippen LogP contribution in [0.3, 0.4) is 0 Å². The van der Waals surface area contributed by atoms with Crippen LogP contribution in [0.15, 0.2) is 30.3 Å². The Balaban J connectivity index is 0.00000392. The third-order valence-corrected chi connectivity index (χ3v) is 5.62. The first-order valence-corrected chi connectivity index (χ1v) is 11.5. The van der Waals surface area contributed by atoms with Crippen molar-refractivity contribution in [3.63, 3.8) is 0 Å². The first-order chi connectivity index (χ1) is 13.2. The number of halogens is 1. The lowest BCUT2D eigenvalue weighted by Gasteiger charge is -2.20. The smallest absolute Gasteiger partial charge is 0.251 e. The molecule has 5 nitrogen and oxygen atoms in total. The molecule has 1 aromatic carbocycles. The summed E-state index contributed by atoms with van der Waals surface area (Å²) in [4.78, 5) is 24.9. The van der Waals surface area contributed by atoms with Gasteiger partial charge in [-0.15, -0.1) is 12.4 Å². The third kappa shape index (κ3) is 9.30. The van der Waals surface area contributed by atoms with Gasteiger partial charge in [-0.3, -0.25) is 9.59 Å². The standard InChI is InChI=1S/C21H33N3O2S.ClH/c1-27-16-13-19(24-20(25)17-9-5-4-6-10-17)21(26)23-15-14-22-18-11-7-2-3-8-12-18;/h4-6,9-10,18-19,22H,2-3,7-8,11-16H2,1H3,(H,23,26)(H,24,25);1H. The first kappa shape index (κ1) is 24.8. The van der Waals surface area contributed by atoms with E-state index in [-0.39, 0.29) is 24.2 Å². The van der Waals surface area contributed by atoms with Crippen molar-refractivity contribution in [2.24, 2.45) is 0 Å². The quantitative estimate of drug-likeness (QED) is 0.395. The monoisotopic (exact) mass is 427 g/mol. The Morgan fingerprint density at radius 1 is 1.07 bits per heavy atom. The Hall–Kier alpha value is -1.24. The molecule has 1 saturated carbocycles. The summed E-state index contributed by atoms with van der Waals surface area (Å²) >= 11 is 1.68. The van der Waals surface area contributed by atoms with Crippen LogP contribution in [0.25, 0.3) is 0 Å². The van der Waals surface area contributed by atoms with E-state index in [2.05, 4.69) is 16.0 Å². The van der Waals surface area contributed by atoms with Crippen molar-refractivity contribution >= 4 is 36.0 Å². The molecule has 0 spiro atoms. The minimum absolute atomic E-state index is 0. The molecule has 0 radical (unpaired) electrons. The van der Waals surface area contributed by atoms with E-state index in [0.29, 0.717) is 24.6 Å². The number of hydrogen-bond acceptors (Lipinski definition) is 4. The molecule has 1 fully saturated rings. The van der Waals surface area contributed by atoms with Crippen LogP contribution in [-0.4, -0.2) is 49.0 Å². The summed E-state index contributed by atoms with van der Waals surface area (Å²) in [5, 5.41) is 9.42. The highest BCUT2D eigenvalue weighted by Gasteiger charge is 2.21. The van der Waals surface area contributed by atoms with E-state index in [1.807, 2.05) is 24.5 Å². The molecule has 1 atom stereocenters. The molecule has 0 aliphatic heterocycles. The van der Waals surface area contributed by atoms with Crippen LogP contribution < -0.4 is 16.0 Å². The van der Waals surface area contributed by atoms with Crippen LogP contribution in [0.5, 0.6) is 0 Å². The summed E-state index contributed by atoms with van der Waals surface area (Å²) in [7, 11) is 0. The zero-order valence-electron chi connectivity index (χ0n) is 16.7. The molecule has 3 N–H and O–H groups in total. The minimum Gasteiger partial charge on any atom is -0.353 e. The minimum atomic E-state index is -0.497. The van der Waals surface area contributed by atoms with Crippen molar-refractivity contribution in [2.45, 2.75) is 57.0 Å². The Bertz CT molecular complexity index is 566. The number of nitrogens with one attached hydrogen (secondary N) is 3. The van der Waals surface area contributed by atoms with Crippen molar-refractivity contribution in [3.05, 3.63) is 35.9 Å². The second-order valence-corrected chi connectivity index (χ2v) is 8.09. The molecule has 0 aromatic heterocycles. The number of thioether (sulfide) groups is 1. The molecule has 1 aliphatic rings. The molecule has 1 aromatic rings. The van der Waals surface area contributed by atoms with E-state index in [4.69, 9.17) is 0 Å². The molecule has 28 heavy (non-hydrogen) atoms. The van der Waals surface area contributed by atoms with E-state index in [9.17, 15) is 9.59 Å². The number of hydrogen-bond donors (Lipinski definition) is 3. The van der Waals surface area contributed by atoms with Crippen molar-refractivity contribution in [3.8, 4) is 0 Å². The van der Waals surface area contributed by atoms with E-state index in [1.165, 1.54) is 38.5 Å². The Morgan fingerprint density at radius 3 is 2.39 bits per heavy atom. The van der Waals surface area contributed by atoms with Gasteiger partial charge in [0.05, 0.1) is 0 Å². The largest absolute Gasteiger partial charge is 0.353 e. The predicted octanol–water partition coefficient (Wildman–Crippen LogP) is 3.39. The number of carbonyl (C=O) groups excluding carboxylic acids is 2. The second kappa shape index (κ2) is 14.7. The van der Waals surface area contributed by atoms with Crippen LogP contribution in [0.4, 0.5) is 0 Å². The predicted molar refractivity (Wildman–Crippen MR) is 120 cm³/mol. The Kier molecular flexibility index (Phi) is 13.0. The molecular formula is C21H34ClN3O2S. The van der Waals surface area contributed by atoms with Crippen molar-refractivity contribution < 1.29 is 9.59 Å². The van der Waals surface area contributed by atoms with Gasteiger partial charge in [0.1, 0.15) is 6.04 Å². The summed E-state index contributed by atoms with van der Waals surface area (Å²) in [5.41, 5.74) is 0.578. The topological polar surface area (TPSA) is 70.2 Å². The van der Waals surface area contributed by atoms with Crippen LogP contribution in [0.1, 0.15) is 55.3 Å². The molecule has 0 heterocycles. The van der Waals surface area contributed by atoms with Gasteiger partial charge >= 0.3 is 0 Å². The van der Waals surface area contributed by atoms with E-state index >= 15 is 0 Å². The third-order valence-electron chi connectivity index (χ3n) is 4.98. The lowest BCUT2D eigenvalue weighted by atomic mass is 10.1. The van der Waals surface area contributed by atoms with Gasteiger partial charge in [-0.25, -0.2) is 0 Å². The number of amides is 2. The molecule has 2 amide bonds. The lowest BCUT2D eigenvalue weighted by Crippen LogP contribution is -2.48. The zero-order valence-corrected chi connectivity index (χ0v) is 18.4. The fraction of sp³-hybridized carbons (Fsp3) is 0.619. The number of rotatable bonds is 10. The van der Waals surface area contributed by atoms with Crippen LogP contribution >= 0.6 is 24.2 Å². The maximum atomic E-state index is 12.6. The van der Waals surface area contributed by atoms with Crippen LogP contribution in [0, 0.1) is 0 Å². The normalized spacial score (nSPS) is 15.8. The van der Waals surface area contributed by atoms with Gasteiger partial charge in [-0.1, -0.05) is 43.9 Å². The molecular weight excluding hydrogens is 394 g/mol. The summed E-state index contributed by atoms with van der Waals surface area (Å²) in [6.07, 6.45) is 10.4. The van der Waals surface area contributed by atoms with Gasteiger partial charge in [0.2, 0.25) is 5.91 Å². The van der Waals surface area contributed by atoms with E-state index in [0.717, 1.165) is 12.3 Å². The second-order valence-electron chi connectivity index (χ2n) is 7.11. The van der Waals surface area contributed by atoms with Crippen LogP contribution in [-0.2, 0) is 4.79 Å². The first-order valence-electron chi connectivity index (χ1n) is 10.1. The molecule has 2 rings (SSSR count). The molecule has 1 unspecified atom stereocenters.